The Morgan fingerprint density at radius 3 is 3.08 bits per heavy atom. The van der Waals surface area contributed by atoms with Gasteiger partial charge in [-0.3, -0.25) is 4.79 Å². The topological polar surface area (TPSA) is 58.3 Å². The maximum atomic E-state index is 11.2. The third-order valence-electron chi connectivity index (χ3n) is 1.92. The number of epoxide rings is 1. The second-order valence-corrected chi connectivity index (χ2v) is 2.98. The van der Waals surface area contributed by atoms with Crippen molar-refractivity contribution in [3.05, 3.63) is 34.2 Å². The molecule has 0 unspecified atom stereocenters. The van der Waals surface area contributed by atoms with Crippen molar-refractivity contribution in [3.8, 4) is 6.07 Å². The Morgan fingerprint density at radius 1 is 1.69 bits per heavy atom. The molecule has 1 aliphatic rings. The first kappa shape index (κ1) is 8.02. The molecule has 0 saturated carbocycles. The first-order valence-corrected chi connectivity index (χ1v) is 4.02. The van der Waals surface area contributed by atoms with Crippen LogP contribution in [0.5, 0.6) is 0 Å². The number of nitriles is 1. The Hall–Kier alpha value is -1.60. The molecule has 0 spiro atoms. The summed E-state index contributed by atoms with van der Waals surface area (Å²) in [6.45, 7) is 1.26. The van der Waals surface area contributed by atoms with Crippen LogP contribution in [0.2, 0.25) is 0 Å². The number of ether oxygens (including phenoxy) is 1. The van der Waals surface area contributed by atoms with E-state index >= 15 is 0 Å². The molecule has 1 atom stereocenters. The van der Waals surface area contributed by atoms with E-state index in [4.69, 9.17) is 10.00 Å². The molecule has 66 valence electrons. The van der Waals surface area contributed by atoms with Gasteiger partial charge in [-0.15, -0.1) is 0 Å². The van der Waals surface area contributed by atoms with Crippen LogP contribution in [-0.2, 0) is 11.3 Å². The fourth-order valence-electron chi connectivity index (χ4n) is 1.13. The van der Waals surface area contributed by atoms with Crippen LogP contribution in [0, 0.1) is 11.3 Å². The van der Waals surface area contributed by atoms with Gasteiger partial charge in [-0.2, -0.15) is 5.26 Å². The Kier molecular flexibility index (Phi) is 1.87. The number of hydrogen-bond donors (Lipinski definition) is 0. The predicted molar refractivity (Wildman–Crippen MR) is 45.2 cm³/mol. The lowest BCUT2D eigenvalue weighted by Crippen LogP contribution is -2.21. The molecule has 13 heavy (non-hydrogen) atoms. The lowest BCUT2D eigenvalue weighted by Gasteiger charge is -2.01. The number of aromatic nitrogens is 1. The van der Waals surface area contributed by atoms with Crippen LogP contribution in [0.3, 0.4) is 0 Å². The van der Waals surface area contributed by atoms with Crippen LogP contribution in [0.25, 0.3) is 0 Å². The Balaban J connectivity index is 2.31. The number of hydrogen-bond acceptors (Lipinski definition) is 3. The van der Waals surface area contributed by atoms with Crippen LogP contribution in [0.4, 0.5) is 0 Å². The zero-order valence-electron chi connectivity index (χ0n) is 6.93. The van der Waals surface area contributed by atoms with E-state index in [1.54, 1.807) is 6.20 Å². The quantitative estimate of drug-likeness (QED) is 0.601. The minimum Gasteiger partial charge on any atom is -0.371 e. The van der Waals surface area contributed by atoms with Crippen molar-refractivity contribution < 1.29 is 4.74 Å². The zero-order valence-corrected chi connectivity index (χ0v) is 6.93. The molecule has 2 heterocycles. The summed E-state index contributed by atoms with van der Waals surface area (Å²) in [5.41, 5.74) is 0.412. The summed E-state index contributed by atoms with van der Waals surface area (Å²) in [7, 11) is 0. The zero-order chi connectivity index (χ0) is 9.26. The van der Waals surface area contributed by atoms with Crippen LogP contribution < -0.4 is 5.56 Å². The third-order valence-corrected chi connectivity index (χ3v) is 1.92. The minimum atomic E-state index is -0.0884. The summed E-state index contributed by atoms with van der Waals surface area (Å²) in [5, 5.41) is 8.61. The largest absolute Gasteiger partial charge is 0.371 e. The highest BCUT2D eigenvalue weighted by Gasteiger charge is 2.23. The monoisotopic (exact) mass is 176 g/mol. The summed E-state index contributed by atoms with van der Waals surface area (Å²) < 4.78 is 6.51. The van der Waals surface area contributed by atoms with Crippen molar-refractivity contribution in [2.24, 2.45) is 0 Å². The van der Waals surface area contributed by atoms with Crippen LogP contribution >= 0.6 is 0 Å². The van der Waals surface area contributed by atoms with E-state index in [-0.39, 0.29) is 11.7 Å². The summed E-state index contributed by atoms with van der Waals surface area (Å²) >= 11 is 0. The van der Waals surface area contributed by atoms with Gasteiger partial charge in [-0.05, 0) is 6.07 Å². The average molecular weight is 176 g/mol. The van der Waals surface area contributed by atoms with Crippen molar-refractivity contribution >= 4 is 0 Å². The maximum Gasteiger partial charge on any atom is 0.250 e. The molecule has 4 nitrogen and oxygen atoms in total. The molecule has 0 N–H and O–H groups in total. The van der Waals surface area contributed by atoms with Gasteiger partial charge in [-0.25, -0.2) is 0 Å². The third kappa shape index (κ3) is 1.76. The standard InChI is InChI=1S/C9H8N2O2/c10-3-7-1-2-9(12)11(4-7)5-8-6-13-8/h1-2,4,8H,5-6H2/t8-/m1/s1. The smallest absolute Gasteiger partial charge is 0.250 e. The fraction of sp³-hybridized carbons (Fsp3) is 0.333. The molecule has 0 aliphatic carbocycles. The highest BCUT2D eigenvalue weighted by Crippen LogP contribution is 2.10. The van der Waals surface area contributed by atoms with Gasteiger partial charge < -0.3 is 9.30 Å². The summed E-state index contributed by atoms with van der Waals surface area (Å²) in [6.07, 6.45) is 1.72. The van der Waals surface area contributed by atoms with Gasteiger partial charge in [0.2, 0.25) is 0 Å². The van der Waals surface area contributed by atoms with E-state index in [9.17, 15) is 4.79 Å². The second-order valence-electron chi connectivity index (χ2n) is 2.98. The SMILES string of the molecule is N#Cc1ccc(=O)n(C[C@@H]2CO2)c1. The van der Waals surface area contributed by atoms with Crippen molar-refractivity contribution in [1.82, 2.24) is 4.57 Å². The molecular formula is C9H8N2O2. The van der Waals surface area contributed by atoms with Crippen molar-refractivity contribution in [2.75, 3.05) is 6.61 Å². The molecule has 2 rings (SSSR count). The highest BCUT2D eigenvalue weighted by atomic mass is 16.6. The van der Waals surface area contributed by atoms with Crippen LogP contribution in [0.15, 0.2) is 23.1 Å². The van der Waals surface area contributed by atoms with E-state index < -0.39 is 0 Å². The summed E-state index contributed by atoms with van der Waals surface area (Å²) in [4.78, 5) is 11.2. The molecule has 1 aromatic heterocycles. The maximum absolute atomic E-state index is 11.2. The molecule has 4 heteroatoms. The van der Waals surface area contributed by atoms with Gasteiger partial charge in [0, 0.05) is 12.3 Å². The second kappa shape index (κ2) is 3.04. The highest BCUT2D eigenvalue weighted by molar-refractivity contribution is 5.24. The molecular weight excluding hydrogens is 168 g/mol. The fourth-order valence-corrected chi connectivity index (χ4v) is 1.13. The predicted octanol–water partition coefficient (Wildman–Crippen LogP) is 0.119. The van der Waals surface area contributed by atoms with Crippen LogP contribution in [-0.4, -0.2) is 17.3 Å². The Bertz CT molecular complexity index is 412. The summed E-state index contributed by atoms with van der Waals surface area (Å²) in [6, 6.07) is 4.91. The van der Waals surface area contributed by atoms with E-state index in [0.29, 0.717) is 18.7 Å². The summed E-state index contributed by atoms with van der Waals surface area (Å²) in [5.74, 6) is 0. The van der Waals surface area contributed by atoms with Gasteiger partial charge in [-0.1, -0.05) is 0 Å². The van der Waals surface area contributed by atoms with Gasteiger partial charge in [0.15, 0.2) is 0 Å². The molecule has 1 fully saturated rings. The number of pyridine rings is 1. The lowest BCUT2D eigenvalue weighted by molar-refractivity contribution is 0.380. The van der Waals surface area contributed by atoms with Gasteiger partial charge in [0.05, 0.1) is 24.8 Å². The number of nitrogens with zero attached hydrogens (tertiary/aromatic N) is 2. The molecule has 1 aliphatic heterocycles. The van der Waals surface area contributed by atoms with Crippen LogP contribution in [0.1, 0.15) is 5.56 Å². The minimum absolute atomic E-state index is 0.0884. The van der Waals surface area contributed by atoms with Crippen molar-refractivity contribution in [2.45, 2.75) is 12.6 Å². The van der Waals surface area contributed by atoms with E-state index in [1.165, 1.54) is 16.7 Å². The van der Waals surface area contributed by atoms with E-state index in [2.05, 4.69) is 0 Å². The molecule has 0 radical (unpaired) electrons. The van der Waals surface area contributed by atoms with Crippen molar-refractivity contribution in [1.29, 1.82) is 5.26 Å². The van der Waals surface area contributed by atoms with Gasteiger partial charge >= 0.3 is 0 Å². The molecule has 0 amide bonds. The first-order valence-electron chi connectivity index (χ1n) is 4.02. The van der Waals surface area contributed by atoms with Crippen molar-refractivity contribution in [3.63, 3.8) is 0 Å². The lowest BCUT2D eigenvalue weighted by atomic mass is 10.3. The van der Waals surface area contributed by atoms with Gasteiger partial charge in [0.1, 0.15) is 6.07 Å². The molecule has 1 aromatic rings. The first-order chi connectivity index (χ1) is 6.29. The normalized spacial score (nSPS) is 19.5. The van der Waals surface area contributed by atoms with E-state index in [0.717, 1.165) is 0 Å². The number of rotatable bonds is 2. The molecule has 0 bridgehead atoms. The Morgan fingerprint density at radius 2 is 2.46 bits per heavy atom. The van der Waals surface area contributed by atoms with Gasteiger partial charge in [0.25, 0.3) is 5.56 Å². The Labute approximate surface area is 75.0 Å². The van der Waals surface area contributed by atoms with E-state index in [1.807, 2.05) is 6.07 Å². The average Bonchev–Trinajstić information content (AvgIpc) is 2.93. The molecule has 0 aromatic carbocycles. The molecule has 1 saturated heterocycles.